The van der Waals surface area contributed by atoms with Crippen LogP contribution in [0.1, 0.15) is 5.56 Å². The number of anilines is 1. The second-order valence-electron chi connectivity index (χ2n) is 4.61. The monoisotopic (exact) mass is 294 g/mol. The van der Waals surface area contributed by atoms with E-state index >= 15 is 0 Å². The van der Waals surface area contributed by atoms with Crippen molar-refractivity contribution in [2.75, 3.05) is 5.73 Å². The van der Waals surface area contributed by atoms with Crippen LogP contribution in [0.2, 0.25) is 0 Å². The topological polar surface area (TPSA) is 63.6 Å². The largest absolute Gasteiger partial charge is 0.375 e. The molecule has 0 amide bonds. The molecule has 0 spiro atoms. The molecule has 5 heteroatoms. The van der Waals surface area contributed by atoms with Crippen molar-refractivity contribution in [1.29, 1.82) is 0 Å². The van der Waals surface area contributed by atoms with Crippen LogP contribution in [0.3, 0.4) is 0 Å². The predicted molar refractivity (Wildman–Crippen MR) is 87.3 cm³/mol. The van der Waals surface area contributed by atoms with Crippen LogP contribution in [0.5, 0.6) is 0 Å². The van der Waals surface area contributed by atoms with Gasteiger partial charge in [-0.2, -0.15) is 0 Å². The van der Waals surface area contributed by atoms with Crippen molar-refractivity contribution in [1.82, 2.24) is 4.98 Å². The Balaban J connectivity index is 1.94. The second kappa shape index (κ2) is 5.85. The molecular weight excluding hydrogens is 280 g/mol. The van der Waals surface area contributed by atoms with Crippen LogP contribution in [0.4, 0.5) is 15.8 Å². The molecule has 21 heavy (non-hydrogen) atoms. The summed E-state index contributed by atoms with van der Waals surface area (Å²) in [7, 11) is 0. The van der Waals surface area contributed by atoms with Gasteiger partial charge >= 0.3 is 0 Å². The molecular formula is C16H14N4S. The number of nitrogens with two attached hydrogens (primary N) is 1. The Labute approximate surface area is 127 Å². The number of aryl methyl sites for hydroxylation is 1. The summed E-state index contributed by atoms with van der Waals surface area (Å²) in [5.41, 5.74) is 9.58. The average molecular weight is 294 g/mol. The molecule has 1 aromatic heterocycles. The van der Waals surface area contributed by atoms with Crippen molar-refractivity contribution in [3.8, 4) is 11.3 Å². The highest BCUT2D eigenvalue weighted by atomic mass is 32.1. The summed E-state index contributed by atoms with van der Waals surface area (Å²) in [6, 6.07) is 17.8. The number of benzene rings is 2. The van der Waals surface area contributed by atoms with Crippen molar-refractivity contribution in [3.63, 3.8) is 0 Å². The quantitative estimate of drug-likeness (QED) is 0.682. The number of nitrogens with zero attached hydrogens (tertiary/aromatic N) is 3. The van der Waals surface area contributed by atoms with E-state index in [0.717, 1.165) is 21.9 Å². The van der Waals surface area contributed by atoms with Crippen LogP contribution >= 0.6 is 11.3 Å². The summed E-state index contributed by atoms with van der Waals surface area (Å²) in [6.07, 6.45) is 0. The zero-order valence-electron chi connectivity index (χ0n) is 11.5. The normalized spacial score (nSPS) is 11.1. The summed E-state index contributed by atoms with van der Waals surface area (Å²) in [6.45, 7) is 2.04. The Bertz CT molecular complexity index is 761. The number of hydrogen-bond donors (Lipinski definition) is 1. The van der Waals surface area contributed by atoms with Crippen LogP contribution in [-0.2, 0) is 0 Å². The van der Waals surface area contributed by atoms with E-state index in [1.807, 2.05) is 61.5 Å². The first kappa shape index (κ1) is 13.5. The Hall–Kier alpha value is -2.53. The maximum Gasteiger partial charge on any atom is 0.182 e. The fourth-order valence-corrected chi connectivity index (χ4v) is 2.57. The van der Waals surface area contributed by atoms with E-state index in [2.05, 4.69) is 15.2 Å². The van der Waals surface area contributed by atoms with E-state index < -0.39 is 0 Å². The molecule has 0 fully saturated rings. The SMILES string of the molecule is Cc1ccc(N=Nc2sc(N)nc2-c2ccccc2)cc1. The van der Waals surface area contributed by atoms with Crippen LogP contribution in [0.15, 0.2) is 64.8 Å². The predicted octanol–water partition coefficient (Wildman–Crippen LogP) is 5.12. The minimum absolute atomic E-state index is 0.492. The van der Waals surface area contributed by atoms with Crippen molar-refractivity contribution >= 4 is 27.2 Å². The first-order valence-corrected chi connectivity index (χ1v) is 7.34. The van der Waals surface area contributed by atoms with E-state index in [4.69, 9.17) is 5.73 Å². The van der Waals surface area contributed by atoms with Crippen LogP contribution < -0.4 is 5.73 Å². The van der Waals surface area contributed by atoms with E-state index in [-0.39, 0.29) is 0 Å². The average Bonchev–Trinajstić information content (AvgIpc) is 2.89. The lowest BCUT2D eigenvalue weighted by Crippen LogP contribution is -1.82. The molecule has 3 aromatic rings. The van der Waals surface area contributed by atoms with Gasteiger partial charge < -0.3 is 5.73 Å². The van der Waals surface area contributed by atoms with Gasteiger partial charge in [-0.05, 0) is 19.1 Å². The van der Waals surface area contributed by atoms with E-state index in [9.17, 15) is 0 Å². The number of thiazole rings is 1. The molecule has 0 aliphatic rings. The molecule has 0 aliphatic carbocycles. The third-order valence-corrected chi connectivity index (χ3v) is 3.73. The summed E-state index contributed by atoms with van der Waals surface area (Å²) < 4.78 is 0. The first-order valence-electron chi connectivity index (χ1n) is 6.52. The molecule has 0 bridgehead atoms. The molecule has 0 saturated heterocycles. The molecule has 0 unspecified atom stereocenters. The Morgan fingerprint density at radius 1 is 0.952 bits per heavy atom. The third kappa shape index (κ3) is 3.14. The molecule has 3 rings (SSSR count). The van der Waals surface area contributed by atoms with Gasteiger partial charge in [0.2, 0.25) is 0 Å². The van der Waals surface area contributed by atoms with Crippen molar-refractivity contribution < 1.29 is 0 Å². The lowest BCUT2D eigenvalue weighted by Gasteiger charge is -1.97. The van der Waals surface area contributed by atoms with Crippen molar-refractivity contribution in [2.45, 2.75) is 6.92 Å². The zero-order chi connectivity index (χ0) is 14.7. The highest BCUT2D eigenvalue weighted by Crippen LogP contribution is 2.37. The minimum atomic E-state index is 0.492. The molecule has 104 valence electrons. The maximum atomic E-state index is 5.81. The molecule has 0 radical (unpaired) electrons. The fourth-order valence-electron chi connectivity index (χ4n) is 1.89. The number of rotatable bonds is 3. The van der Waals surface area contributed by atoms with E-state index in [1.54, 1.807) is 0 Å². The van der Waals surface area contributed by atoms with Gasteiger partial charge in [0.25, 0.3) is 0 Å². The number of azo groups is 1. The highest BCUT2D eigenvalue weighted by Gasteiger charge is 2.11. The highest BCUT2D eigenvalue weighted by molar-refractivity contribution is 7.19. The lowest BCUT2D eigenvalue weighted by molar-refractivity contribution is 1.24. The van der Waals surface area contributed by atoms with Gasteiger partial charge in [0.15, 0.2) is 10.1 Å². The van der Waals surface area contributed by atoms with Crippen LogP contribution in [0, 0.1) is 6.92 Å². The van der Waals surface area contributed by atoms with Gasteiger partial charge in [0.05, 0.1) is 5.69 Å². The van der Waals surface area contributed by atoms with Crippen molar-refractivity contribution in [2.24, 2.45) is 10.2 Å². The smallest absolute Gasteiger partial charge is 0.182 e. The molecule has 4 nitrogen and oxygen atoms in total. The number of hydrogen-bond acceptors (Lipinski definition) is 5. The Morgan fingerprint density at radius 3 is 2.38 bits per heavy atom. The fraction of sp³-hybridized carbons (Fsp3) is 0.0625. The molecule has 2 aromatic carbocycles. The second-order valence-corrected chi connectivity index (χ2v) is 5.62. The number of nitrogen functional groups attached to an aromatic ring is 1. The molecule has 0 aliphatic heterocycles. The van der Waals surface area contributed by atoms with Gasteiger partial charge in [-0.15, -0.1) is 10.2 Å². The van der Waals surface area contributed by atoms with Gasteiger partial charge in [-0.25, -0.2) is 4.98 Å². The lowest BCUT2D eigenvalue weighted by atomic mass is 10.2. The summed E-state index contributed by atoms with van der Waals surface area (Å²) >= 11 is 1.34. The van der Waals surface area contributed by atoms with Gasteiger partial charge in [0, 0.05) is 5.56 Å². The molecule has 2 N–H and O–H groups in total. The third-order valence-electron chi connectivity index (χ3n) is 2.96. The molecule has 0 saturated carbocycles. The van der Waals surface area contributed by atoms with Gasteiger partial charge in [-0.1, -0.05) is 59.4 Å². The van der Waals surface area contributed by atoms with Gasteiger partial charge in [0.1, 0.15) is 5.69 Å². The number of aromatic nitrogens is 1. The molecule has 0 atom stereocenters. The van der Waals surface area contributed by atoms with E-state index in [1.165, 1.54) is 16.9 Å². The van der Waals surface area contributed by atoms with Crippen LogP contribution in [-0.4, -0.2) is 4.98 Å². The van der Waals surface area contributed by atoms with Gasteiger partial charge in [-0.3, -0.25) is 0 Å². The minimum Gasteiger partial charge on any atom is -0.375 e. The summed E-state index contributed by atoms with van der Waals surface area (Å²) in [5.74, 6) is 0. The van der Waals surface area contributed by atoms with E-state index in [0.29, 0.717) is 5.13 Å². The van der Waals surface area contributed by atoms with Crippen LogP contribution in [0.25, 0.3) is 11.3 Å². The maximum absolute atomic E-state index is 5.81. The van der Waals surface area contributed by atoms with Crippen molar-refractivity contribution in [3.05, 3.63) is 60.2 Å². The standard InChI is InChI=1S/C16H14N4S/c1-11-7-9-13(10-8-11)19-20-15-14(18-16(17)21-15)12-5-3-2-4-6-12/h2-10H,1H3,(H2,17,18). The first-order chi connectivity index (χ1) is 10.2. The Morgan fingerprint density at radius 2 is 1.67 bits per heavy atom. The molecule has 1 heterocycles. The summed E-state index contributed by atoms with van der Waals surface area (Å²) in [5, 5.41) is 9.78. The zero-order valence-corrected chi connectivity index (χ0v) is 12.3. The Kier molecular flexibility index (Phi) is 3.75. The summed E-state index contributed by atoms with van der Waals surface area (Å²) in [4.78, 5) is 4.35.